The van der Waals surface area contributed by atoms with Gasteiger partial charge in [-0.3, -0.25) is 9.59 Å². The van der Waals surface area contributed by atoms with Crippen molar-refractivity contribution in [3.63, 3.8) is 0 Å². The van der Waals surface area contributed by atoms with Gasteiger partial charge >= 0.3 is 0 Å². The summed E-state index contributed by atoms with van der Waals surface area (Å²) >= 11 is 0. The van der Waals surface area contributed by atoms with Crippen LogP contribution >= 0.6 is 0 Å². The second-order valence-electron chi connectivity index (χ2n) is 6.70. The van der Waals surface area contributed by atoms with Crippen molar-refractivity contribution in [2.75, 3.05) is 6.54 Å². The summed E-state index contributed by atoms with van der Waals surface area (Å²) in [4.78, 5) is 24.9. The predicted molar refractivity (Wildman–Crippen MR) is 81.6 cm³/mol. The quantitative estimate of drug-likeness (QED) is 0.869. The summed E-state index contributed by atoms with van der Waals surface area (Å²) in [6, 6.07) is 1.72. The summed E-state index contributed by atoms with van der Waals surface area (Å²) in [5.41, 5.74) is -0.986. The first-order chi connectivity index (χ1) is 10.3. The van der Waals surface area contributed by atoms with Crippen LogP contribution in [0.15, 0.2) is 16.8 Å². The third kappa shape index (κ3) is 2.74. The first-order valence-corrected chi connectivity index (χ1v) is 7.78. The normalized spacial score (nSPS) is 26.6. The number of carbonyl (C=O) groups is 2. The number of nitrogens with one attached hydrogen (secondary N) is 2. The van der Waals surface area contributed by atoms with Crippen LogP contribution < -0.4 is 10.6 Å². The van der Waals surface area contributed by atoms with Gasteiger partial charge in [0.05, 0.1) is 18.2 Å². The number of aromatic nitrogens is 1. The van der Waals surface area contributed by atoms with Crippen molar-refractivity contribution in [1.82, 2.24) is 15.8 Å². The summed E-state index contributed by atoms with van der Waals surface area (Å²) in [6.07, 6.45) is 2.98. The molecule has 6 nitrogen and oxygen atoms in total. The van der Waals surface area contributed by atoms with Crippen molar-refractivity contribution in [2.24, 2.45) is 16.7 Å². The molecule has 1 aromatic heterocycles. The fourth-order valence-corrected chi connectivity index (χ4v) is 3.36. The Morgan fingerprint density at radius 1 is 1.36 bits per heavy atom. The molecule has 0 unspecified atom stereocenters. The average molecular weight is 307 g/mol. The number of carbonyl (C=O) groups excluding carboxylic acids is 2. The second-order valence-corrected chi connectivity index (χ2v) is 6.70. The van der Waals surface area contributed by atoms with Crippen molar-refractivity contribution in [3.05, 3.63) is 18.0 Å². The first kappa shape index (κ1) is 16.5. The highest BCUT2D eigenvalue weighted by Gasteiger charge is 2.57. The summed E-state index contributed by atoms with van der Waals surface area (Å²) in [6.45, 7) is 8.79. The molecule has 2 N–H and O–H groups in total. The third-order valence-corrected chi connectivity index (χ3v) is 5.31. The van der Waals surface area contributed by atoms with Gasteiger partial charge in [-0.05, 0) is 25.2 Å². The van der Waals surface area contributed by atoms with Crippen molar-refractivity contribution in [2.45, 2.75) is 47.1 Å². The van der Waals surface area contributed by atoms with Gasteiger partial charge in [0.25, 0.3) is 0 Å². The monoisotopic (exact) mass is 307 g/mol. The minimum atomic E-state index is -0.581. The van der Waals surface area contributed by atoms with E-state index in [1.165, 1.54) is 0 Å². The molecule has 2 amide bonds. The van der Waals surface area contributed by atoms with Crippen LogP contribution in [0, 0.1) is 16.7 Å². The van der Waals surface area contributed by atoms with Gasteiger partial charge in [0.1, 0.15) is 0 Å². The van der Waals surface area contributed by atoms with Crippen LogP contribution in [0.1, 0.15) is 46.3 Å². The minimum Gasteiger partial charge on any atom is -0.360 e. The van der Waals surface area contributed by atoms with Crippen molar-refractivity contribution in [1.29, 1.82) is 0 Å². The maximum atomic E-state index is 12.7. The van der Waals surface area contributed by atoms with E-state index in [9.17, 15) is 9.59 Å². The van der Waals surface area contributed by atoms with E-state index < -0.39 is 10.8 Å². The summed E-state index contributed by atoms with van der Waals surface area (Å²) < 4.78 is 4.99. The molecule has 0 radical (unpaired) electrons. The SMILES string of the molecule is CCNC(=O)[C@H]1CC[C@@](C)(C(=O)NCc2ccno2)C1(C)C. The Morgan fingerprint density at radius 3 is 2.68 bits per heavy atom. The van der Waals surface area contributed by atoms with Crippen molar-refractivity contribution < 1.29 is 14.1 Å². The van der Waals surface area contributed by atoms with E-state index in [-0.39, 0.29) is 17.7 Å². The van der Waals surface area contributed by atoms with Gasteiger partial charge in [-0.15, -0.1) is 0 Å². The summed E-state index contributed by atoms with van der Waals surface area (Å²) in [7, 11) is 0. The highest BCUT2D eigenvalue weighted by molar-refractivity contribution is 5.87. The Kier molecular flexibility index (Phi) is 4.58. The Bertz CT molecular complexity index is 539. The van der Waals surface area contributed by atoms with E-state index in [1.54, 1.807) is 12.3 Å². The molecule has 1 fully saturated rings. The van der Waals surface area contributed by atoms with Crippen LogP contribution in [-0.4, -0.2) is 23.5 Å². The molecule has 0 aromatic carbocycles. The molecule has 22 heavy (non-hydrogen) atoms. The second kappa shape index (κ2) is 6.10. The Balaban J connectivity index is 2.08. The first-order valence-electron chi connectivity index (χ1n) is 7.78. The smallest absolute Gasteiger partial charge is 0.226 e. The number of hydrogen-bond acceptors (Lipinski definition) is 4. The zero-order valence-electron chi connectivity index (χ0n) is 13.7. The zero-order valence-corrected chi connectivity index (χ0v) is 13.7. The van der Waals surface area contributed by atoms with Crippen LogP contribution in [0.4, 0.5) is 0 Å². The van der Waals surface area contributed by atoms with Gasteiger partial charge in [-0.2, -0.15) is 0 Å². The molecule has 1 aliphatic carbocycles. The molecule has 1 aromatic rings. The van der Waals surface area contributed by atoms with Crippen LogP contribution in [0.5, 0.6) is 0 Å². The lowest BCUT2D eigenvalue weighted by atomic mass is 9.65. The van der Waals surface area contributed by atoms with Crippen LogP contribution in [-0.2, 0) is 16.1 Å². The van der Waals surface area contributed by atoms with E-state index in [0.29, 0.717) is 25.3 Å². The highest BCUT2D eigenvalue weighted by Crippen LogP contribution is 2.56. The molecule has 6 heteroatoms. The standard InChI is InChI=1S/C16H25N3O3/c1-5-17-13(20)12-6-8-16(4,15(12,2)3)14(21)18-10-11-7-9-19-22-11/h7,9,12H,5-6,8,10H2,1-4H3,(H,17,20)(H,18,21)/t12-,16+/m1/s1. The van der Waals surface area contributed by atoms with E-state index in [0.717, 1.165) is 6.42 Å². The Labute approximate surface area is 131 Å². The van der Waals surface area contributed by atoms with Crippen LogP contribution in [0.2, 0.25) is 0 Å². The molecule has 122 valence electrons. The Hall–Kier alpha value is -1.85. The molecular weight excluding hydrogens is 282 g/mol. The fraction of sp³-hybridized carbons (Fsp3) is 0.688. The number of rotatable bonds is 5. The fourth-order valence-electron chi connectivity index (χ4n) is 3.36. The third-order valence-electron chi connectivity index (χ3n) is 5.31. The van der Waals surface area contributed by atoms with Crippen LogP contribution in [0.25, 0.3) is 0 Å². The van der Waals surface area contributed by atoms with E-state index in [1.807, 2.05) is 27.7 Å². The molecule has 1 saturated carbocycles. The molecule has 2 rings (SSSR count). The molecule has 0 aliphatic heterocycles. The summed E-state index contributed by atoms with van der Waals surface area (Å²) in [5.74, 6) is 0.474. The molecule has 0 saturated heterocycles. The minimum absolute atomic E-state index is 0.0410. The van der Waals surface area contributed by atoms with Gasteiger partial charge in [-0.25, -0.2) is 0 Å². The van der Waals surface area contributed by atoms with E-state index >= 15 is 0 Å². The van der Waals surface area contributed by atoms with Crippen LogP contribution in [0.3, 0.4) is 0 Å². The highest BCUT2D eigenvalue weighted by atomic mass is 16.5. The van der Waals surface area contributed by atoms with Crippen molar-refractivity contribution in [3.8, 4) is 0 Å². The van der Waals surface area contributed by atoms with Gasteiger partial charge in [0, 0.05) is 18.5 Å². The molecule has 0 bridgehead atoms. The lowest BCUT2D eigenvalue weighted by molar-refractivity contribution is -0.139. The van der Waals surface area contributed by atoms with Gasteiger partial charge in [0.2, 0.25) is 11.8 Å². The molecule has 1 aliphatic rings. The number of nitrogens with zero attached hydrogens (tertiary/aromatic N) is 1. The lowest BCUT2D eigenvalue weighted by Gasteiger charge is -2.39. The van der Waals surface area contributed by atoms with Crippen molar-refractivity contribution >= 4 is 11.8 Å². The average Bonchev–Trinajstić information content (AvgIpc) is 3.04. The largest absolute Gasteiger partial charge is 0.360 e. The zero-order chi connectivity index (χ0) is 16.4. The molecule has 0 spiro atoms. The van der Waals surface area contributed by atoms with E-state index in [4.69, 9.17) is 4.52 Å². The van der Waals surface area contributed by atoms with Gasteiger partial charge < -0.3 is 15.2 Å². The maximum absolute atomic E-state index is 12.7. The number of amides is 2. The maximum Gasteiger partial charge on any atom is 0.226 e. The molecule has 2 atom stereocenters. The lowest BCUT2D eigenvalue weighted by Crippen LogP contribution is -2.49. The number of hydrogen-bond donors (Lipinski definition) is 2. The summed E-state index contributed by atoms with van der Waals surface area (Å²) in [5, 5.41) is 9.41. The molecular formula is C16H25N3O3. The van der Waals surface area contributed by atoms with E-state index in [2.05, 4.69) is 15.8 Å². The van der Waals surface area contributed by atoms with Gasteiger partial charge in [0.15, 0.2) is 5.76 Å². The molecule has 1 heterocycles. The Morgan fingerprint density at radius 2 is 2.09 bits per heavy atom. The topological polar surface area (TPSA) is 84.2 Å². The van der Waals surface area contributed by atoms with Gasteiger partial charge in [-0.1, -0.05) is 25.9 Å². The predicted octanol–water partition coefficient (Wildman–Crippen LogP) is 1.87.